The van der Waals surface area contributed by atoms with Gasteiger partial charge in [0.15, 0.2) is 0 Å². The van der Waals surface area contributed by atoms with Crippen molar-refractivity contribution in [1.82, 2.24) is 5.32 Å². The molecule has 1 aliphatic carbocycles. The van der Waals surface area contributed by atoms with Gasteiger partial charge in [-0.05, 0) is 48.3 Å². The quantitative estimate of drug-likeness (QED) is 0.798. The molecule has 1 amide bonds. The SMILES string of the molecule is CC1(C)C[C@@H](O)C[C@](C)(CNC(=O)c2cc(Cl)ccc2O)C1. The zero-order chi connectivity index (χ0) is 16.5. The monoisotopic (exact) mass is 325 g/mol. The Hall–Kier alpha value is -1.26. The number of halogens is 1. The summed E-state index contributed by atoms with van der Waals surface area (Å²) in [7, 11) is 0. The van der Waals surface area contributed by atoms with E-state index in [2.05, 4.69) is 26.1 Å². The molecule has 3 N–H and O–H groups in total. The van der Waals surface area contributed by atoms with E-state index in [1.807, 2.05) is 0 Å². The van der Waals surface area contributed by atoms with E-state index in [1.54, 1.807) is 0 Å². The molecule has 0 heterocycles. The van der Waals surface area contributed by atoms with Gasteiger partial charge in [-0.3, -0.25) is 4.79 Å². The van der Waals surface area contributed by atoms with E-state index in [0.717, 1.165) is 12.8 Å². The van der Waals surface area contributed by atoms with Crippen molar-refractivity contribution in [1.29, 1.82) is 0 Å². The van der Waals surface area contributed by atoms with Crippen molar-refractivity contribution in [2.45, 2.75) is 46.1 Å². The number of nitrogens with one attached hydrogen (secondary N) is 1. The van der Waals surface area contributed by atoms with Gasteiger partial charge in [-0.25, -0.2) is 0 Å². The predicted molar refractivity (Wildman–Crippen MR) is 87.2 cm³/mol. The van der Waals surface area contributed by atoms with Crippen LogP contribution in [-0.4, -0.2) is 28.8 Å². The number of carbonyl (C=O) groups is 1. The average Bonchev–Trinajstić information content (AvgIpc) is 2.36. The molecule has 5 heteroatoms. The minimum absolute atomic E-state index is 0.0509. The second-order valence-electron chi connectivity index (χ2n) is 7.56. The van der Waals surface area contributed by atoms with Crippen LogP contribution in [0.4, 0.5) is 0 Å². The highest BCUT2D eigenvalue weighted by molar-refractivity contribution is 6.31. The lowest BCUT2D eigenvalue weighted by Crippen LogP contribution is -2.45. The lowest BCUT2D eigenvalue weighted by Gasteiger charge is -2.45. The minimum atomic E-state index is -0.348. The molecule has 122 valence electrons. The lowest BCUT2D eigenvalue weighted by atomic mass is 9.63. The molecule has 2 rings (SSSR count). The summed E-state index contributed by atoms with van der Waals surface area (Å²) in [6, 6.07) is 4.40. The van der Waals surface area contributed by atoms with Gasteiger partial charge >= 0.3 is 0 Å². The second-order valence-corrected chi connectivity index (χ2v) is 7.99. The number of aliphatic hydroxyl groups is 1. The van der Waals surface area contributed by atoms with Crippen molar-refractivity contribution in [2.75, 3.05) is 6.54 Å². The van der Waals surface area contributed by atoms with Gasteiger partial charge in [0.2, 0.25) is 0 Å². The maximum absolute atomic E-state index is 12.3. The van der Waals surface area contributed by atoms with Gasteiger partial charge < -0.3 is 15.5 Å². The molecule has 0 unspecified atom stereocenters. The highest BCUT2D eigenvalue weighted by atomic mass is 35.5. The van der Waals surface area contributed by atoms with Crippen LogP contribution in [0.1, 0.15) is 50.4 Å². The molecular formula is C17H24ClNO3. The third kappa shape index (κ3) is 4.14. The largest absolute Gasteiger partial charge is 0.507 e. The number of carbonyl (C=O) groups excluding carboxylic acids is 1. The van der Waals surface area contributed by atoms with Crippen LogP contribution in [-0.2, 0) is 0 Å². The number of rotatable bonds is 3. The number of amides is 1. The van der Waals surface area contributed by atoms with Crippen LogP contribution in [0.25, 0.3) is 0 Å². The number of aromatic hydroxyl groups is 1. The standard InChI is InChI=1S/C17H24ClNO3/c1-16(2)7-12(20)8-17(3,9-16)10-19-15(22)13-6-11(18)4-5-14(13)21/h4-6,12,20-21H,7-10H2,1-3H3,(H,19,22)/t12-,17+/m1/s1. The molecule has 2 atom stereocenters. The summed E-state index contributed by atoms with van der Waals surface area (Å²) in [5, 5.41) is 23.1. The zero-order valence-electron chi connectivity index (χ0n) is 13.3. The normalized spacial score (nSPS) is 27.4. The maximum atomic E-state index is 12.3. The maximum Gasteiger partial charge on any atom is 0.255 e. The van der Waals surface area contributed by atoms with Gasteiger partial charge in [-0.15, -0.1) is 0 Å². The number of phenolic OH excluding ortho intramolecular Hbond substituents is 1. The molecule has 0 spiro atoms. The molecular weight excluding hydrogens is 302 g/mol. The van der Waals surface area contributed by atoms with Crippen LogP contribution in [0.15, 0.2) is 18.2 Å². The summed E-state index contributed by atoms with van der Waals surface area (Å²) < 4.78 is 0. The van der Waals surface area contributed by atoms with Crippen LogP contribution in [0, 0.1) is 10.8 Å². The number of hydrogen-bond acceptors (Lipinski definition) is 3. The van der Waals surface area contributed by atoms with Crippen molar-refractivity contribution < 1.29 is 15.0 Å². The molecule has 0 aliphatic heterocycles. The third-order valence-electron chi connectivity index (χ3n) is 4.30. The van der Waals surface area contributed by atoms with Gasteiger partial charge in [-0.2, -0.15) is 0 Å². The smallest absolute Gasteiger partial charge is 0.255 e. The first-order chi connectivity index (χ1) is 10.1. The molecule has 1 fully saturated rings. The molecule has 1 aromatic carbocycles. The van der Waals surface area contributed by atoms with Gasteiger partial charge in [0.05, 0.1) is 11.7 Å². The van der Waals surface area contributed by atoms with Gasteiger partial charge in [0, 0.05) is 11.6 Å². The molecule has 0 radical (unpaired) electrons. The van der Waals surface area contributed by atoms with E-state index in [4.69, 9.17) is 11.6 Å². The highest BCUT2D eigenvalue weighted by Crippen LogP contribution is 2.45. The fourth-order valence-corrected chi connectivity index (χ4v) is 3.96. The molecule has 1 aliphatic rings. The first-order valence-electron chi connectivity index (χ1n) is 7.55. The molecule has 0 aromatic heterocycles. The minimum Gasteiger partial charge on any atom is -0.507 e. The van der Waals surface area contributed by atoms with Gasteiger partial charge in [-0.1, -0.05) is 32.4 Å². The van der Waals surface area contributed by atoms with E-state index >= 15 is 0 Å². The Bertz CT molecular complexity index is 573. The number of hydrogen-bond donors (Lipinski definition) is 3. The van der Waals surface area contributed by atoms with Crippen LogP contribution in [0.5, 0.6) is 5.75 Å². The number of aliphatic hydroxyl groups excluding tert-OH is 1. The summed E-state index contributed by atoms with van der Waals surface area (Å²) in [5.74, 6) is -0.435. The second kappa shape index (κ2) is 6.09. The Balaban J connectivity index is 2.05. The lowest BCUT2D eigenvalue weighted by molar-refractivity contribution is -0.00840. The first-order valence-corrected chi connectivity index (χ1v) is 7.93. The molecule has 4 nitrogen and oxygen atoms in total. The number of phenols is 1. The van der Waals surface area contributed by atoms with Crippen LogP contribution < -0.4 is 5.32 Å². The van der Waals surface area contributed by atoms with Gasteiger partial charge in [0.1, 0.15) is 5.75 Å². The molecule has 0 bridgehead atoms. The van der Waals surface area contributed by atoms with Crippen molar-refractivity contribution in [2.24, 2.45) is 10.8 Å². The highest BCUT2D eigenvalue weighted by Gasteiger charge is 2.40. The summed E-state index contributed by atoms with van der Waals surface area (Å²) >= 11 is 5.87. The van der Waals surface area contributed by atoms with Crippen LogP contribution in [0.3, 0.4) is 0 Å². The Labute approximate surface area is 136 Å². The summed E-state index contributed by atoms with van der Waals surface area (Å²) in [6.07, 6.45) is 2.04. The van der Waals surface area contributed by atoms with Crippen LogP contribution in [0.2, 0.25) is 5.02 Å². The third-order valence-corrected chi connectivity index (χ3v) is 4.54. The molecule has 1 saturated carbocycles. The fourth-order valence-electron chi connectivity index (χ4n) is 3.79. The predicted octanol–water partition coefficient (Wildman–Crippen LogP) is 3.35. The fraction of sp³-hybridized carbons (Fsp3) is 0.588. The van der Waals surface area contributed by atoms with E-state index in [-0.39, 0.29) is 34.2 Å². The van der Waals surface area contributed by atoms with Crippen LogP contribution >= 0.6 is 11.6 Å². The first kappa shape index (κ1) is 17.1. The summed E-state index contributed by atoms with van der Waals surface area (Å²) in [5.41, 5.74) is 0.0621. The van der Waals surface area contributed by atoms with Crippen molar-refractivity contribution >= 4 is 17.5 Å². The van der Waals surface area contributed by atoms with E-state index in [9.17, 15) is 15.0 Å². The molecule has 0 saturated heterocycles. The van der Waals surface area contributed by atoms with E-state index < -0.39 is 0 Å². The van der Waals surface area contributed by atoms with E-state index in [0.29, 0.717) is 18.0 Å². The Morgan fingerprint density at radius 2 is 2.05 bits per heavy atom. The van der Waals surface area contributed by atoms with Crippen molar-refractivity contribution in [3.63, 3.8) is 0 Å². The van der Waals surface area contributed by atoms with Gasteiger partial charge in [0.25, 0.3) is 5.91 Å². The average molecular weight is 326 g/mol. The Kier molecular flexibility index (Phi) is 4.73. The molecule has 22 heavy (non-hydrogen) atoms. The Morgan fingerprint density at radius 1 is 1.36 bits per heavy atom. The summed E-state index contributed by atoms with van der Waals surface area (Å²) in [4.78, 5) is 12.3. The summed E-state index contributed by atoms with van der Waals surface area (Å²) in [6.45, 7) is 6.81. The van der Waals surface area contributed by atoms with Crippen molar-refractivity contribution in [3.05, 3.63) is 28.8 Å². The number of benzene rings is 1. The zero-order valence-corrected chi connectivity index (χ0v) is 14.1. The van der Waals surface area contributed by atoms with E-state index in [1.165, 1.54) is 18.2 Å². The topological polar surface area (TPSA) is 69.6 Å². The molecule has 1 aromatic rings. The van der Waals surface area contributed by atoms with Crippen molar-refractivity contribution in [3.8, 4) is 5.75 Å². The Morgan fingerprint density at radius 3 is 2.68 bits per heavy atom.